The number of carbonyl (C=O) groups excluding carboxylic acids is 1. The van der Waals surface area contributed by atoms with E-state index in [-0.39, 0.29) is 18.0 Å². The number of rotatable bonds is 6. The number of aryl methyl sites for hydroxylation is 1. The molecule has 7 heteroatoms. The van der Waals surface area contributed by atoms with Crippen molar-refractivity contribution in [3.63, 3.8) is 0 Å². The van der Waals surface area contributed by atoms with Crippen LogP contribution >= 0.6 is 0 Å². The highest BCUT2D eigenvalue weighted by Crippen LogP contribution is 2.28. The summed E-state index contributed by atoms with van der Waals surface area (Å²) in [5, 5.41) is 17.2. The number of carbonyl (C=O) groups is 1. The Morgan fingerprint density at radius 1 is 1.10 bits per heavy atom. The summed E-state index contributed by atoms with van der Waals surface area (Å²) in [6.07, 6.45) is 1.60. The second-order valence-electron chi connectivity index (χ2n) is 7.07. The fraction of sp³-hybridized carbons (Fsp3) is 0.0833. The van der Waals surface area contributed by atoms with E-state index in [0.29, 0.717) is 22.6 Å². The molecule has 4 rings (SSSR count). The first-order valence-corrected chi connectivity index (χ1v) is 9.65. The van der Waals surface area contributed by atoms with Gasteiger partial charge in [-0.15, -0.1) is 0 Å². The average Bonchev–Trinajstić information content (AvgIpc) is 3.23. The number of fused-ring (bicyclic) bond motifs is 1. The largest absolute Gasteiger partial charge is 0.455 e. The molecule has 0 saturated carbocycles. The van der Waals surface area contributed by atoms with Gasteiger partial charge in [-0.3, -0.25) is 14.9 Å². The highest BCUT2D eigenvalue weighted by Gasteiger charge is 2.13. The number of furan rings is 1. The predicted molar refractivity (Wildman–Crippen MR) is 119 cm³/mol. The van der Waals surface area contributed by atoms with Crippen LogP contribution in [0.2, 0.25) is 0 Å². The zero-order valence-electron chi connectivity index (χ0n) is 16.7. The average molecular weight is 413 g/mol. The van der Waals surface area contributed by atoms with Crippen molar-refractivity contribution in [3.05, 3.63) is 99.8 Å². The number of hydrogen-bond donors (Lipinski definition) is 1. The molecule has 3 aromatic carbocycles. The molecule has 0 unspecified atom stereocenters. The summed E-state index contributed by atoms with van der Waals surface area (Å²) in [6, 6.07) is 22.0. The second kappa shape index (κ2) is 8.62. The Labute approximate surface area is 178 Å². The summed E-state index contributed by atoms with van der Waals surface area (Å²) >= 11 is 0. The van der Waals surface area contributed by atoms with E-state index in [1.807, 2.05) is 42.5 Å². The molecule has 0 aliphatic heterocycles. The zero-order valence-corrected chi connectivity index (χ0v) is 16.7. The number of nitro benzene ring substituents is 1. The first-order valence-electron chi connectivity index (χ1n) is 9.65. The van der Waals surface area contributed by atoms with Crippen LogP contribution in [0.1, 0.15) is 16.9 Å². The molecular weight excluding hydrogens is 394 g/mol. The molecule has 154 valence electrons. The molecule has 1 amide bonds. The summed E-state index contributed by atoms with van der Waals surface area (Å²) in [7, 11) is 0. The number of nitro groups is 1. The van der Waals surface area contributed by atoms with Crippen LogP contribution in [-0.4, -0.2) is 17.0 Å². The van der Waals surface area contributed by atoms with Crippen molar-refractivity contribution in [2.75, 3.05) is 0 Å². The number of hydrogen-bond acceptors (Lipinski definition) is 5. The van der Waals surface area contributed by atoms with Crippen molar-refractivity contribution in [2.24, 2.45) is 5.10 Å². The molecule has 4 aromatic rings. The monoisotopic (exact) mass is 413 g/mol. The first kappa shape index (κ1) is 20.0. The summed E-state index contributed by atoms with van der Waals surface area (Å²) in [5.41, 5.74) is 4.64. The van der Waals surface area contributed by atoms with E-state index in [9.17, 15) is 14.9 Å². The maximum Gasteiger partial charge on any atom is 0.273 e. The quantitative estimate of drug-likeness (QED) is 0.273. The van der Waals surface area contributed by atoms with Crippen molar-refractivity contribution in [1.29, 1.82) is 0 Å². The van der Waals surface area contributed by atoms with E-state index in [0.717, 1.165) is 16.3 Å². The minimum atomic E-state index is -0.421. The molecule has 31 heavy (non-hydrogen) atoms. The normalized spacial score (nSPS) is 11.1. The topological polar surface area (TPSA) is 97.7 Å². The molecule has 1 N–H and O–H groups in total. The van der Waals surface area contributed by atoms with Gasteiger partial charge in [-0.25, -0.2) is 5.43 Å². The zero-order chi connectivity index (χ0) is 21.8. The van der Waals surface area contributed by atoms with Gasteiger partial charge in [0, 0.05) is 17.2 Å². The molecule has 0 aliphatic carbocycles. The number of hydrazone groups is 1. The van der Waals surface area contributed by atoms with E-state index < -0.39 is 4.92 Å². The second-order valence-corrected chi connectivity index (χ2v) is 7.07. The summed E-state index contributed by atoms with van der Waals surface area (Å²) in [4.78, 5) is 23.0. The smallest absolute Gasteiger partial charge is 0.273 e. The Bertz CT molecular complexity index is 1300. The lowest BCUT2D eigenvalue weighted by Crippen LogP contribution is -2.19. The maximum atomic E-state index is 12.3. The highest BCUT2D eigenvalue weighted by atomic mass is 16.6. The van der Waals surface area contributed by atoms with E-state index >= 15 is 0 Å². The van der Waals surface area contributed by atoms with Gasteiger partial charge in [-0.05, 0) is 35.4 Å². The molecule has 0 aliphatic rings. The Hall–Kier alpha value is -4.26. The Morgan fingerprint density at radius 2 is 1.90 bits per heavy atom. The third-order valence-electron chi connectivity index (χ3n) is 4.93. The lowest BCUT2D eigenvalue weighted by atomic mass is 10.0. The highest BCUT2D eigenvalue weighted by molar-refractivity contribution is 5.90. The maximum absolute atomic E-state index is 12.3. The standard InChI is InChI=1S/C24H19N3O4/c1-16-9-10-19(13-22(16)27(29)30)23-12-11-20(31-23)15-25-26-24(28)14-18-7-4-6-17-5-2-3-8-21(17)18/h2-13,15H,14H2,1H3,(H,26,28)/b25-15-. The van der Waals surface area contributed by atoms with Crippen LogP contribution in [0.4, 0.5) is 5.69 Å². The van der Waals surface area contributed by atoms with Gasteiger partial charge in [0.05, 0.1) is 17.6 Å². The third-order valence-corrected chi connectivity index (χ3v) is 4.93. The van der Waals surface area contributed by atoms with Crippen LogP contribution in [0.5, 0.6) is 0 Å². The van der Waals surface area contributed by atoms with Crippen molar-refractivity contribution in [2.45, 2.75) is 13.3 Å². The van der Waals surface area contributed by atoms with Crippen LogP contribution in [0, 0.1) is 17.0 Å². The summed E-state index contributed by atoms with van der Waals surface area (Å²) in [5.74, 6) is 0.656. The molecule has 0 saturated heterocycles. The fourth-order valence-electron chi connectivity index (χ4n) is 3.36. The minimum absolute atomic E-state index is 0.0322. The van der Waals surface area contributed by atoms with Gasteiger partial charge < -0.3 is 4.42 Å². The van der Waals surface area contributed by atoms with E-state index in [1.165, 1.54) is 12.3 Å². The lowest BCUT2D eigenvalue weighted by molar-refractivity contribution is -0.385. The van der Waals surface area contributed by atoms with Crippen LogP contribution in [0.15, 0.2) is 82.3 Å². The van der Waals surface area contributed by atoms with Gasteiger partial charge in [0.15, 0.2) is 0 Å². The minimum Gasteiger partial charge on any atom is -0.455 e. The third kappa shape index (κ3) is 4.51. The number of amides is 1. The van der Waals surface area contributed by atoms with Crippen LogP contribution in [0.25, 0.3) is 22.1 Å². The molecule has 1 aromatic heterocycles. The molecule has 0 atom stereocenters. The Kier molecular flexibility index (Phi) is 5.57. The van der Waals surface area contributed by atoms with Crippen LogP contribution in [0.3, 0.4) is 0 Å². The van der Waals surface area contributed by atoms with Crippen molar-refractivity contribution >= 4 is 28.6 Å². The van der Waals surface area contributed by atoms with E-state index in [4.69, 9.17) is 4.42 Å². The molecule has 0 spiro atoms. The SMILES string of the molecule is Cc1ccc(-c2ccc(/C=N\NC(=O)Cc3cccc4ccccc34)o2)cc1[N+](=O)[O-]. The first-order chi connectivity index (χ1) is 15.0. The van der Waals surface area contributed by atoms with Crippen molar-refractivity contribution in [1.82, 2.24) is 5.43 Å². The van der Waals surface area contributed by atoms with Crippen LogP contribution in [-0.2, 0) is 11.2 Å². The van der Waals surface area contributed by atoms with Gasteiger partial charge in [0.1, 0.15) is 11.5 Å². The van der Waals surface area contributed by atoms with E-state index in [2.05, 4.69) is 10.5 Å². The molecule has 7 nitrogen and oxygen atoms in total. The van der Waals surface area contributed by atoms with Gasteiger partial charge in [-0.2, -0.15) is 5.10 Å². The van der Waals surface area contributed by atoms with Gasteiger partial charge in [0.25, 0.3) is 5.69 Å². The molecule has 0 fully saturated rings. The van der Waals surface area contributed by atoms with Crippen molar-refractivity contribution in [3.8, 4) is 11.3 Å². The summed E-state index contributed by atoms with van der Waals surface area (Å²) < 4.78 is 5.68. The predicted octanol–water partition coefficient (Wildman–Crippen LogP) is 5.01. The summed E-state index contributed by atoms with van der Waals surface area (Å²) in [6.45, 7) is 1.68. The number of nitrogens with zero attached hydrogens (tertiary/aromatic N) is 2. The number of nitrogens with one attached hydrogen (secondary N) is 1. The van der Waals surface area contributed by atoms with Gasteiger partial charge in [0.2, 0.25) is 5.91 Å². The van der Waals surface area contributed by atoms with Gasteiger partial charge in [-0.1, -0.05) is 54.6 Å². The van der Waals surface area contributed by atoms with E-state index in [1.54, 1.807) is 31.2 Å². The van der Waals surface area contributed by atoms with Crippen molar-refractivity contribution < 1.29 is 14.1 Å². The fourth-order valence-corrected chi connectivity index (χ4v) is 3.36. The molecule has 0 radical (unpaired) electrons. The Balaban J connectivity index is 1.42. The Morgan fingerprint density at radius 3 is 2.74 bits per heavy atom. The molecule has 0 bridgehead atoms. The molecule has 1 heterocycles. The van der Waals surface area contributed by atoms with Gasteiger partial charge >= 0.3 is 0 Å². The lowest BCUT2D eigenvalue weighted by Gasteiger charge is -2.05. The molecular formula is C24H19N3O4. The van der Waals surface area contributed by atoms with Crippen LogP contribution < -0.4 is 5.43 Å². The number of benzene rings is 3.